The predicted molar refractivity (Wildman–Crippen MR) is 99.7 cm³/mol. The van der Waals surface area contributed by atoms with Crippen LogP contribution in [0.5, 0.6) is 11.5 Å². The normalized spacial score (nSPS) is 12.6. The van der Waals surface area contributed by atoms with Crippen molar-refractivity contribution >= 4 is 24.2 Å². The Bertz CT molecular complexity index is 928. The molecule has 0 radical (unpaired) electrons. The zero-order valence-corrected chi connectivity index (χ0v) is 13.9. The topological polar surface area (TPSA) is 67.8 Å². The van der Waals surface area contributed by atoms with E-state index in [1.54, 1.807) is 36.4 Å². The first kappa shape index (κ1) is 16.4. The van der Waals surface area contributed by atoms with Gasteiger partial charge in [0, 0.05) is 11.3 Å². The Hall–Kier alpha value is -3.09. The fourth-order valence-electron chi connectivity index (χ4n) is 2.81. The largest absolute Gasteiger partial charge is 0.491 e. The van der Waals surface area contributed by atoms with E-state index in [-0.39, 0.29) is 5.91 Å². The molecule has 6 heteroatoms. The minimum absolute atomic E-state index is 0.175. The molecule has 0 atom stereocenters. The summed E-state index contributed by atoms with van der Waals surface area (Å²) in [6.45, 7) is 0.367. The first-order chi connectivity index (χ1) is 12.7. The number of benzene rings is 3. The van der Waals surface area contributed by atoms with Gasteiger partial charge in [0.25, 0.3) is 5.91 Å². The maximum atomic E-state index is 12.3. The molecule has 5 nitrogen and oxygen atoms in total. The number of hydrogen-bond donors (Lipinski definition) is 2. The quantitative estimate of drug-likeness (QED) is 0.714. The predicted octanol–water partition coefficient (Wildman–Crippen LogP) is 2.95. The van der Waals surface area contributed by atoms with Gasteiger partial charge in [-0.3, -0.25) is 4.79 Å². The molecule has 128 valence electrons. The average Bonchev–Trinajstić information content (AvgIpc) is 3.03. The second kappa shape index (κ2) is 7.03. The highest BCUT2D eigenvalue weighted by Gasteiger charge is 2.27. The van der Waals surface area contributed by atoms with Gasteiger partial charge in [0.1, 0.15) is 11.5 Å². The maximum Gasteiger partial charge on any atom is 0.491 e. The van der Waals surface area contributed by atoms with E-state index in [1.165, 1.54) is 0 Å². The van der Waals surface area contributed by atoms with Crippen LogP contribution in [0.2, 0.25) is 0 Å². The van der Waals surface area contributed by atoms with Crippen LogP contribution in [0.1, 0.15) is 15.9 Å². The van der Waals surface area contributed by atoms with Crippen LogP contribution < -0.4 is 15.5 Å². The molecule has 0 bridgehead atoms. The Morgan fingerprint density at radius 3 is 2.50 bits per heavy atom. The molecule has 0 spiro atoms. The SMILES string of the molecule is O=C(Nc1ccccc1)c1ccc(Oc2ccc3c(c2)COB3O)cc1. The Labute approximate surface area is 151 Å². The number of hydrogen-bond acceptors (Lipinski definition) is 4. The summed E-state index contributed by atoms with van der Waals surface area (Å²) in [5, 5.41) is 12.5. The van der Waals surface area contributed by atoms with Crippen molar-refractivity contribution in [1.29, 1.82) is 0 Å². The highest BCUT2D eigenvalue weighted by molar-refractivity contribution is 6.61. The van der Waals surface area contributed by atoms with Crippen molar-refractivity contribution < 1.29 is 19.2 Å². The summed E-state index contributed by atoms with van der Waals surface area (Å²) in [6, 6.07) is 21.7. The van der Waals surface area contributed by atoms with Crippen LogP contribution in [0, 0.1) is 0 Å². The Morgan fingerprint density at radius 1 is 1.00 bits per heavy atom. The summed E-state index contributed by atoms with van der Waals surface area (Å²) in [5.41, 5.74) is 2.98. The smallest absolute Gasteiger partial charge is 0.457 e. The summed E-state index contributed by atoms with van der Waals surface area (Å²) in [6.07, 6.45) is 0. The van der Waals surface area contributed by atoms with Gasteiger partial charge in [0.15, 0.2) is 0 Å². The summed E-state index contributed by atoms with van der Waals surface area (Å²) >= 11 is 0. The van der Waals surface area contributed by atoms with Crippen LogP contribution >= 0.6 is 0 Å². The molecule has 0 saturated heterocycles. The molecule has 2 N–H and O–H groups in total. The van der Waals surface area contributed by atoms with Crippen molar-refractivity contribution in [2.24, 2.45) is 0 Å². The average molecular weight is 345 g/mol. The molecular weight excluding hydrogens is 329 g/mol. The zero-order chi connectivity index (χ0) is 17.9. The van der Waals surface area contributed by atoms with E-state index in [2.05, 4.69) is 5.32 Å². The van der Waals surface area contributed by atoms with Crippen LogP contribution in [-0.2, 0) is 11.3 Å². The molecule has 0 saturated carbocycles. The minimum atomic E-state index is -0.860. The van der Waals surface area contributed by atoms with Crippen molar-refractivity contribution in [1.82, 2.24) is 0 Å². The van der Waals surface area contributed by atoms with E-state index in [0.717, 1.165) is 16.7 Å². The summed E-state index contributed by atoms with van der Waals surface area (Å²) in [5.74, 6) is 1.11. The number of amides is 1. The van der Waals surface area contributed by atoms with E-state index in [1.807, 2.05) is 36.4 Å². The van der Waals surface area contributed by atoms with Gasteiger partial charge >= 0.3 is 7.12 Å². The fraction of sp³-hybridized carbons (Fsp3) is 0.0500. The molecule has 0 fully saturated rings. The Kier molecular flexibility index (Phi) is 4.43. The van der Waals surface area contributed by atoms with Crippen LogP contribution in [0.25, 0.3) is 0 Å². The van der Waals surface area contributed by atoms with Crippen LogP contribution in [0.15, 0.2) is 72.8 Å². The number of rotatable bonds is 4. The Morgan fingerprint density at radius 2 is 1.73 bits per heavy atom. The van der Waals surface area contributed by atoms with Gasteiger partial charge in [0.05, 0.1) is 6.61 Å². The zero-order valence-electron chi connectivity index (χ0n) is 13.9. The molecule has 0 unspecified atom stereocenters. The number of carbonyl (C=O) groups excluding carboxylic acids is 1. The van der Waals surface area contributed by atoms with E-state index in [4.69, 9.17) is 9.39 Å². The van der Waals surface area contributed by atoms with E-state index >= 15 is 0 Å². The number of anilines is 1. The van der Waals surface area contributed by atoms with Gasteiger partial charge < -0.3 is 19.7 Å². The lowest BCUT2D eigenvalue weighted by atomic mass is 9.80. The van der Waals surface area contributed by atoms with Gasteiger partial charge in [-0.15, -0.1) is 0 Å². The molecule has 1 amide bonds. The van der Waals surface area contributed by atoms with Gasteiger partial charge in [-0.25, -0.2) is 0 Å². The highest BCUT2D eigenvalue weighted by atomic mass is 16.5. The molecular formula is C20H16BNO4. The van der Waals surface area contributed by atoms with Crippen molar-refractivity contribution in [3.63, 3.8) is 0 Å². The van der Waals surface area contributed by atoms with Crippen LogP contribution in [0.4, 0.5) is 5.69 Å². The van der Waals surface area contributed by atoms with Crippen molar-refractivity contribution in [2.75, 3.05) is 5.32 Å². The third-order valence-corrected chi connectivity index (χ3v) is 4.16. The summed E-state index contributed by atoms with van der Waals surface area (Å²) < 4.78 is 11.0. The second-order valence-corrected chi connectivity index (χ2v) is 5.97. The third kappa shape index (κ3) is 3.47. The number of nitrogens with one attached hydrogen (secondary N) is 1. The first-order valence-electron chi connectivity index (χ1n) is 8.26. The monoisotopic (exact) mass is 345 g/mol. The lowest BCUT2D eigenvalue weighted by molar-refractivity contribution is 0.102. The molecule has 0 aliphatic carbocycles. The first-order valence-corrected chi connectivity index (χ1v) is 8.26. The molecule has 1 aliphatic heterocycles. The molecule has 4 rings (SSSR count). The van der Waals surface area contributed by atoms with Gasteiger partial charge in [0.2, 0.25) is 0 Å². The number of fused-ring (bicyclic) bond motifs is 1. The molecule has 26 heavy (non-hydrogen) atoms. The van der Waals surface area contributed by atoms with Gasteiger partial charge in [-0.1, -0.05) is 24.3 Å². The lowest BCUT2D eigenvalue weighted by Crippen LogP contribution is -2.27. The van der Waals surface area contributed by atoms with Gasteiger partial charge in [-0.05, 0) is 59.6 Å². The molecule has 1 heterocycles. The fourth-order valence-corrected chi connectivity index (χ4v) is 2.81. The van der Waals surface area contributed by atoms with E-state index < -0.39 is 7.12 Å². The molecule has 0 aromatic heterocycles. The molecule has 3 aromatic rings. The molecule has 1 aliphatic rings. The number of para-hydroxylation sites is 1. The van der Waals surface area contributed by atoms with Crippen LogP contribution in [-0.4, -0.2) is 18.0 Å². The lowest BCUT2D eigenvalue weighted by Gasteiger charge is -2.09. The molecule has 3 aromatic carbocycles. The Balaban J connectivity index is 1.44. The standard InChI is InChI=1S/C20H16BNO4/c23-20(22-16-4-2-1-3-5-16)14-6-8-17(9-7-14)26-18-10-11-19-15(12-18)13-25-21(19)24/h1-12,24H,13H2,(H,22,23). The van der Waals surface area contributed by atoms with Crippen LogP contribution in [0.3, 0.4) is 0 Å². The van der Waals surface area contributed by atoms with Gasteiger partial charge in [-0.2, -0.15) is 0 Å². The second-order valence-electron chi connectivity index (χ2n) is 5.97. The highest BCUT2D eigenvalue weighted by Crippen LogP contribution is 2.24. The van der Waals surface area contributed by atoms with Crippen molar-refractivity contribution in [3.05, 3.63) is 83.9 Å². The summed E-state index contributed by atoms with van der Waals surface area (Å²) in [7, 11) is -0.860. The van der Waals surface area contributed by atoms with E-state index in [0.29, 0.717) is 23.7 Å². The minimum Gasteiger partial charge on any atom is -0.457 e. The number of ether oxygens (including phenoxy) is 1. The third-order valence-electron chi connectivity index (χ3n) is 4.16. The number of carbonyl (C=O) groups is 1. The maximum absolute atomic E-state index is 12.3. The van der Waals surface area contributed by atoms with Crippen molar-refractivity contribution in [3.8, 4) is 11.5 Å². The van der Waals surface area contributed by atoms with Crippen molar-refractivity contribution in [2.45, 2.75) is 6.61 Å². The summed E-state index contributed by atoms with van der Waals surface area (Å²) in [4.78, 5) is 12.3. The van der Waals surface area contributed by atoms with E-state index in [9.17, 15) is 9.82 Å².